The summed E-state index contributed by atoms with van der Waals surface area (Å²) in [6, 6.07) is 13.3. The molecule has 1 aliphatic rings. The molecule has 0 radical (unpaired) electrons. The lowest BCUT2D eigenvalue weighted by atomic mass is 9.95. The lowest BCUT2D eigenvalue weighted by Crippen LogP contribution is -2.40. The Balaban J connectivity index is 1.98. The molecule has 4 rings (SSSR count). The third-order valence-corrected chi connectivity index (χ3v) is 6.25. The molecule has 3 aromatic rings. The summed E-state index contributed by atoms with van der Waals surface area (Å²) in [6.07, 6.45) is 2.52. The maximum atomic E-state index is 13.6. The van der Waals surface area contributed by atoms with Gasteiger partial charge < -0.3 is 14.6 Å². The molecule has 0 fully saturated rings. The van der Waals surface area contributed by atoms with Gasteiger partial charge in [0, 0.05) is 5.56 Å². The third kappa shape index (κ3) is 4.34. The van der Waals surface area contributed by atoms with E-state index in [-0.39, 0.29) is 11.3 Å². The van der Waals surface area contributed by atoms with Gasteiger partial charge in [-0.05, 0) is 43.2 Å². The summed E-state index contributed by atoms with van der Waals surface area (Å²) in [5.74, 6) is 0.164. The highest BCUT2D eigenvalue weighted by atomic mass is 32.1. The van der Waals surface area contributed by atoms with Crippen LogP contribution in [0.5, 0.6) is 11.5 Å². The van der Waals surface area contributed by atoms with E-state index in [0.29, 0.717) is 44.1 Å². The maximum absolute atomic E-state index is 13.6. The van der Waals surface area contributed by atoms with Gasteiger partial charge in [0.15, 0.2) is 4.80 Å². The standard InChI is InChI=1S/C25H24N2O5S/c1-4-12-32-19-11-6-5-10-18(19)22-21(24(30)31-3)15(2)26-25-27(22)23(29)20(33-25)14-16-8-7-9-17(28)13-16/h5-11,13-14,22,28H,4,12H2,1-3H3/b20-14+/t22-/m1/s1. The lowest BCUT2D eigenvalue weighted by Gasteiger charge is -2.26. The van der Waals surface area contributed by atoms with Gasteiger partial charge in [-0.25, -0.2) is 9.79 Å². The number of ether oxygens (including phenoxy) is 2. The predicted molar refractivity (Wildman–Crippen MR) is 126 cm³/mol. The summed E-state index contributed by atoms with van der Waals surface area (Å²) < 4.78 is 13.0. The quantitative estimate of drug-likeness (QED) is 0.567. The number of aromatic nitrogens is 1. The molecule has 33 heavy (non-hydrogen) atoms. The molecular weight excluding hydrogens is 440 g/mol. The number of hydrogen-bond donors (Lipinski definition) is 1. The molecule has 0 bridgehead atoms. The monoisotopic (exact) mass is 464 g/mol. The number of para-hydroxylation sites is 1. The smallest absolute Gasteiger partial charge is 0.338 e. The van der Waals surface area contributed by atoms with Crippen molar-refractivity contribution in [1.29, 1.82) is 0 Å². The largest absolute Gasteiger partial charge is 0.508 e. The Kier molecular flexibility index (Phi) is 6.46. The van der Waals surface area contributed by atoms with Crippen LogP contribution in [0.3, 0.4) is 0 Å². The number of fused-ring (bicyclic) bond motifs is 1. The average Bonchev–Trinajstić information content (AvgIpc) is 3.11. The number of benzene rings is 2. The first-order chi connectivity index (χ1) is 15.9. The number of phenols is 1. The molecule has 1 aliphatic heterocycles. The molecule has 0 saturated heterocycles. The van der Waals surface area contributed by atoms with E-state index in [1.807, 2.05) is 31.2 Å². The van der Waals surface area contributed by atoms with Crippen LogP contribution >= 0.6 is 11.3 Å². The van der Waals surface area contributed by atoms with E-state index in [1.165, 1.54) is 23.0 Å². The highest BCUT2D eigenvalue weighted by Crippen LogP contribution is 2.35. The Bertz CT molecular complexity index is 1420. The molecule has 8 heteroatoms. The highest BCUT2D eigenvalue weighted by molar-refractivity contribution is 7.07. The minimum atomic E-state index is -0.743. The third-order valence-electron chi connectivity index (χ3n) is 5.27. The van der Waals surface area contributed by atoms with E-state index in [1.54, 1.807) is 37.3 Å². The molecular formula is C25H24N2O5S. The lowest BCUT2D eigenvalue weighted by molar-refractivity contribution is -0.136. The second-order valence-corrected chi connectivity index (χ2v) is 8.56. The molecule has 170 valence electrons. The second-order valence-electron chi connectivity index (χ2n) is 7.55. The van der Waals surface area contributed by atoms with Gasteiger partial charge in [0.2, 0.25) is 0 Å². The molecule has 0 amide bonds. The first-order valence-electron chi connectivity index (χ1n) is 10.6. The van der Waals surface area contributed by atoms with Crippen LogP contribution in [-0.4, -0.2) is 29.4 Å². The fourth-order valence-corrected chi connectivity index (χ4v) is 4.85. The molecule has 0 spiro atoms. The number of aromatic hydroxyl groups is 1. The minimum absolute atomic E-state index is 0.111. The number of carbonyl (C=O) groups excluding carboxylic acids is 1. The number of phenolic OH excluding ortho intramolecular Hbond substituents is 1. The summed E-state index contributed by atoms with van der Waals surface area (Å²) in [7, 11) is 1.31. The van der Waals surface area contributed by atoms with E-state index in [4.69, 9.17) is 9.47 Å². The Morgan fingerprint density at radius 1 is 1.24 bits per heavy atom. The van der Waals surface area contributed by atoms with Crippen molar-refractivity contribution in [3.8, 4) is 11.5 Å². The SMILES string of the molecule is CCCOc1ccccc1[C@@H]1C(C(=O)OC)=C(C)N=c2s/c(=C/c3cccc(O)c3)c(=O)n21. The zero-order valence-corrected chi connectivity index (χ0v) is 19.4. The van der Waals surface area contributed by atoms with Crippen molar-refractivity contribution in [3.05, 3.63) is 90.6 Å². The van der Waals surface area contributed by atoms with E-state index in [0.717, 1.165) is 6.42 Å². The molecule has 0 saturated carbocycles. The van der Waals surface area contributed by atoms with Crippen molar-refractivity contribution in [2.45, 2.75) is 26.3 Å². The molecule has 1 atom stereocenters. The van der Waals surface area contributed by atoms with Crippen LogP contribution in [0.25, 0.3) is 6.08 Å². The maximum Gasteiger partial charge on any atom is 0.338 e. The van der Waals surface area contributed by atoms with E-state index in [2.05, 4.69) is 4.99 Å². The summed E-state index contributed by atoms with van der Waals surface area (Å²) in [6.45, 7) is 4.25. The van der Waals surface area contributed by atoms with Crippen LogP contribution in [0.2, 0.25) is 0 Å². The Labute approximate surface area is 194 Å². The highest BCUT2D eigenvalue weighted by Gasteiger charge is 2.34. The predicted octanol–water partition coefficient (Wildman–Crippen LogP) is 2.90. The summed E-state index contributed by atoms with van der Waals surface area (Å²) in [5.41, 5.74) is 1.87. The zero-order valence-electron chi connectivity index (χ0n) is 18.6. The fourth-order valence-electron chi connectivity index (χ4n) is 3.80. The van der Waals surface area contributed by atoms with E-state index >= 15 is 0 Å². The van der Waals surface area contributed by atoms with Crippen LogP contribution in [0.4, 0.5) is 0 Å². The molecule has 2 heterocycles. The molecule has 1 N–H and O–H groups in total. The van der Waals surface area contributed by atoms with Crippen molar-refractivity contribution in [2.75, 3.05) is 13.7 Å². The van der Waals surface area contributed by atoms with Gasteiger partial charge in [-0.3, -0.25) is 9.36 Å². The van der Waals surface area contributed by atoms with Gasteiger partial charge >= 0.3 is 5.97 Å². The number of thiazole rings is 1. The fraction of sp³-hybridized carbons (Fsp3) is 0.240. The van der Waals surface area contributed by atoms with Crippen molar-refractivity contribution < 1.29 is 19.4 Å². The number of hydrogen-bond acceptors (Lipinski definition) is 7. The van der Waals surface area contributed by atoms with Crippen molar-refractivity contribution in [1.82, 2.24) is 4.57 Å². The van der Waals surface area contributed by atoms with Gasteiger partial charge in [0.25, 0.3) is 5.56 Å². The molecule has 2 aromatic carbocycles. The Morgan fingerprint density at radius 2 is 2.03 bits per heavy atom. The normalized spacial score (nSPS) is 15.7. The van der Waals surface area contributed by atoms with Crippen LogP contribution in [0.15, 0.2) is 69.6 Å². The summed E-state index contributed by atoms with van der Waals surface area (Å²) in [5, 5.41) is 9.78. The molecule has 0 aliphatic carbocycles. The number of nitrogens with zero attached hydrogens (tertiary/aromatic N) is 2. The van der Waals surface area contributed by atoms with Crippen LogP contribution in [0, 0.1) is 0 Å². The van der Waals surface area contributed by atoms with Crippen LogP contribution < -0.4 is 19.6 Å². The molecule has 7 nitrogen and oxygen atoms in total. The van der Waals surface area contributed by atoms with Crippen LogP contribution in [0.1, 0.15) is 37.4 Å². The number of methoxy groups -OCH3 is 1. The van der Waals surface area contributed by atoms with Gasteiger partial charge in [-0.2, -0.15) is 0 Å². The van der Waals surface area contributed by atoms with Gasteiger partial charge in [0.05, 0.1) is 29.5 Å². The van der Waals surface area contributed by atoms with E-state index < -0.39 is 12.0 Å². The van der Waals surface area contributed by atoms with Crippen molar-refractivity contribution >= 4 is 23.4 Å². The average molecular weight is 465 g/mol. The summed E-state index contributed by atoms with van der Waals surface area (Å²) in [4.78, 5) is 31.4. The van der Waals surface area contributed by atoms with Crippen LogP contribution in [-0.2, 0) is 9.53 Å². The molecule has 0 unspecified atom stereocenters. The first-order valence-corrected chi connectivity index (χ1v) is 11.4. The Hall–Kier alpha value is -3.65. The topological polar surface area (TPSA) is 90.1 Å². The number of rotatable bonds is 6. The zero-order chi connectivity index (χ0) is 23.5. The number of esters is 1. The summed E-state index contributed by atoms with van der Waals surface area (Å²) >= 11 is 1.23. The van der Waals surface area contributed by atoms with Gasteiger partial charge in [-0.15, -0.1) is 0 Å². The van der Waals surface area contributed by atoms with Crippen molar-refractivity contribution in [3.63, 3.8) is 0 Å². The van der Waals surface area contributed by atoms with Gasteiger partial charge in [0.1, 0.15) is 17.5 Å². The first kappa shape index (κ1) is 22.5. The second kappa shape index (κ2) is 9.46. The van der Waals surface area contributed by atoms with Crippen molar-refractivity contribution in [2.24, 2.45) is 4.99 Å². The van der Waals surface area contributed by atoms with E-state index in [9.17, 15) is 14.7 Å². The minimum Gasteiger partial charge on any atom is -0.508 e. The molecule has 1 aromatic heterocycles. The number of carbonyl (C=O) groups is 1. The number of allylic oxidation sites excluding steroid dienone is 1. The Morgan fingerprint density at radius 3 is 2.76 bits per heavy atom. The van der Waals surface area contributed by atoms with Gasteiger partial charge in [-0.1, -0.05) is 48.6 Å².